The van der Waals surface area contributed by atoms with Gasteiger partial charge in [-0.3, -0.25) is 4.79 Å². The lowest BCUT2D eigenvalue weighted by Crippen LogP contribution is -2.24. The molecule has 1 rings (SSSR count). The molecule has 0 aromatic heterocycles. The molecule has 0 unspecified atom stereocenters. The zero-order valence-corrected chi connectivity index (χ0v) is 14.1. The van der Waals surface area contributed by atoms with Gasteiger partial charge < -0.3 is 14.8 Å². The van der Waals surface area contributed by atoms with Crippen molar-refractivity contribution in [1.29, 1.82) is 0 Å². The first-order valence-electron chi connectivity index (χ1n) is 8.27. The Morgan fingerprint density at radius 1 is 1.14 bits per heavy atom. The molecule has 0 aliphatic heterocycles. The van der Waals surface area contributed by atoms with Crippen molar-refractivity contribution in [1.82, 2.24) is 5.32 Å². The Morgan fingerprint density at radius 3 is 2.64 bits per heavy atom. The maximum Gasteiger partial charge on any atom is 0.220 e. The van der Waals surface area contributed by atoms with Crippen LogP contribution in [0.3, 0.4) is 0 Å². The summed E-state index contributed by atoms with van der Waals surface area (Å²) in [6, 6.07) is 5.84. The number of carbonyl (C=O) groups is 1. The van der Waals surface area contributed by atoms with Crippen LogP contribution in [0, 0.1) is 0 Å². The average molecular weight is 307 g/mol. The van der Waals surface area contributed by atoms with Crippen molar-refractivity contribution in [2.75, 3.05) is 20.3 Å². The number of hydrogen-bond donors (Lipinski definition) is 1. The highest BCUT2D eigenvalue weighted by molar-refractivity contribution is 5.76. The van der Waals surface area contributed by atoms with E-state index < -0.39 is 0 Å². The molecule has 4 heteroatoms. The van der Waals surface area contributed by atoms with Gasteiger partial charge in [-0.15, -0.1) is 0 Å². The Balaban J connectivity index is 2.36. The largest absolute Gasteiger partial charge is 0.493 e. The van der Waals surface area contributed by atoms with Gasteiger partial charge in [-0.25, -0.2) is 0 Å². The number of unbranched alkanes of at least 4 members (excludes halogenated alkanes) is 3. The van der Waals surface area contributed by atoms with Crippen LogP contribution in [0.5, 0.6) is 11.5 Å². The molecule has 1 aromatic rings. The van der Waals surface area contributed by atoms with Crippen molar-refractivity contribution in [3.8, 4) is 11.5 Å². The van der Waals surface area contributed by atoms with E-state index >= 15 is 0 Å². The van der Waals surface area contributed by atoms with E-state index in [2.05, 4.69) is 12.2 Å². The van der Waals surface area contributed by atoms with Gasteiger partial charge in [0.15, 0.2) is 11.5 Å². The van der Waals surface area contributed by atoms with Crippen molar-refractivity contribution in [2.24, 2.45) is 0 Å². The average Bonchev–Trinajstić information content (AvgIpc) is 2.54. The van der Waals surface area contributed by atoms with Gasteiger partial charge in [0.2, 0.25) is 5.91 Å². The number of benzene rings is 1. The maximum absolute atomic E-state index is 11.8. The third-order valence-electron chi connectivity index (χ3n) is 3.52. The van der Waals surface area contributed by atoms with E-state index in [1.54, 1.807) is 7.11 Å². The highest BCUT2D eigenvalue weighted by Gasteiger charge is 2.07. The van der Waals surface area contributed by atoms with Crippen LogP contribution in [-0.2, 0) is 11.2 Å². The first-order chi connectivity index (χ1) is 10.7. The fraction of sp³-hybridized carbons (Fsp3) is 0.611. The maximum atomic E-state index is 11.8. The molecule has 22 heavy (non-hydrogen) atoms. The minimum Gasteiger partial charge on any atom is -0.493 e. The topological polar surface area (TPSA) is 47.6 Å². The molecular formula is C18H29NO3. The number of ether oxygens (including phenoxy) is 2. The summed E-state index contributed by atoms with van der Waals surface area (Å²) in [5.41, 5.74) is 1.08. The first kappa shape index (κ1) is 18.3. The molecule has 0 saturated heterocycles. The standard InChI is InChI=1S/C18H29NO3/c1-4-6-7-8-13-19-18(20)12-10-15-9-11-16(22-5-2)17(14-15)21-3/h9,11,14H,4-8,10,12-13H2,1-3H3,(H,19,20). The molecular weight excluding hydrogens is 278 g/mol. The lowest BCUT2D eigenvalue weighted by molar-refractivity contribution is -0.121. The van der Waals surface area contributed by atoms with Crippen LogP contribution in [0.4, 0.5) is 0 Å². The summed E-state index contributed by atoms with van der Waals surface area (Å²) in [5, 5.41) is 2.98. The summed E-state index contributed by atoms with van der Waals surface area (Å²) in [5.74, 6) is 1.58. The zero-order chi connectivity index (χ0) is 16.2. The van der Waals surface area contributed by atoms with Crippen molar-refractivity contribution >= 4 is 5.91 Å². The van der Waals surface area contributed by atoms with Crippen LogP contribution >= 0.6 is 0 Å². The molecule has 0 saturated carbocycles. The molecule has 124 valence electrons. The Morgan fingerprint density at radius 2 is 1.95 bits per heavy atom. The molecule has 0 radical (unpaired) electrons. The van der Waals surface area contributed by atoms with Crippen molar-refractivity contribution < 1.29 is 14.3 Å². The number of methoxy groups -OCH3 is 1. The number of carbonyl (C=O) groups excluding carboxylic acids is 1. The molecule has 0 heterocycles. The van der Waals surface area contributed by atoms with E-state index in [1.807, 2.05) is 25.1 Å². The van der Waals surface area contributed by atoms with Crippen molar-refractivity contribution in [3.63, 3.8) is 0 Å². The molecule has 0 fully saturated rings. The van der Waals surface area contributed by atoms with Gasteiger partial charge in [0.05, 0.1) is 13.7 Å². The van der Waals surface area contributed by atoms with Gasteiger partial charge in [0, 0.05) is 13.0 Å². The quantitative estimate of drug-likeness (QED) is 0.634. The lowest BCUT2D eigenvalue weighted by Gasteiger charge is -2.11. The number of rotatable bonds is 11. The predicted octanol–water partition coefficient (Wildman–Crippen LogP) is 3.72. The molecule has 0 aliphatic rings. The van der Waals surface area contributed by atoms with Gasteiger partial charge in [-0.05, 0) is 37.5 Å². The zero-order valence-electron chi connectivity index (χ0n) is 14.1. The fourth-order valence-corrected chi connectivity index (χ4v) is 2.27. The molecule has 0 atom stereocenters. The number of amides is 1. The second-order valence-electron chi connectivity index (χ2n) is 5.33. The van der Waals surface area contributed by atoms with Gasteiger partial charge in [0.1, 0.15) is 0 Å². The molecule has 1 aromatic carbocycles. The number of nitrogens with one attached hydrogen (secondary N) is 1. The highest BCUT2D eigenvalue weighted by Crippen LogP contribution is 2.28. The number of aryl methyl sites for hydroxylation is 1. The summed E-state index contributed by atoms with van der Waals surface area (Å²) < 4.78 is 10.8. The van der Waals surface area contributed by atoms with Crippen molar-refractivity contribution in [3.05, 3.63) is 23.8 Å². The number of hydrogen-bond acceptors (Lipinski definition) is 3. The van der Waals surface area contributed by atoms with Crippen LogP contribution < -0.4 is 14.8 Å². The normalized spacial score (nSPS) is 10.3. The van der Waals surface area contributed by atoms with E-state index in [9.17, 15) is 4.79 Å². The van der Waals surface area contributed by atoms with E-state index in [-0.39, 0.29) is 5.91 Å². The Hall–Kier alpha value is -1.71. The molecule has 1 amide bonds. The van der Waals surface area contributed by atoms with E-state index in [0.29, 0.717) is 19.4 Å². The van der Waals surface area contributed by atoms with Crippen molar-refractivity contribution in [2.45, 2.75) is 52.4 Å². The van der Waals surface area contributed by atoms with E-state index in [4.69, 9.17) is 9.47 Å². The van der Waals surface area contributed by atoms with Gasteiger partial charge in [-0.1, -0.05) is 32.3 Å². The van der Waals surface area contributed by atoms with Crippen LogP contribution in [0.2, 0.25) is 0 Å². The minimum absolute atomic E-state index is 0.115. The molecule has 4 nitrogen and oxygen atoms in total. The molecule has 0 bridgehead atoms. The highest BCUT2D eigenvalue weighted by atomic mass is 16.5. The summed E-state index contributed by atoms with van der Waals surface area (Å²) in [4.78, 5) is 11.8. The molecule has 0 spiro atoms. The van der Waals surface area contributed by atoms with Crippen LogP contribution in [0.15, 0.2) is 18.2 Å². The third-order valence-corrected chi connectivity index (χ3v) is 3.52. The van der Waals surface area contributed by atoms with Crippen LogP contribution in [0.1, 0.15) is 51.5 Å². The SMILES string of the molecule is CCCCCCNC(=O)CCc1ccc(OCC)c(OC)c1. The lowest BCUT2D eigenvalue weighted by atomic mass is 10.1. The monoisotopic (exact) mass is 307 g/mol. The Bertz CT molecular complexity index is 446. The van der Waals surface area contributed by atoms with E-state index in [0.717, 1.165) is 30.0 Å². The summed E-state index contributed by atoms with van der Waals surface area (Å²) in [6.07, 6.45) is 5.92. The summed E-state index contributed by atoms with van der Waals surface area (Å²) in [6.45, 7) is 5.52. The smallest absolute Gasteiger partial charge is 0.220 e. The summed E-state index contributed by atoms with van der Waals surface area (Å²) >= 11 is 0. The van der Waals surface area contributed by atoms with E-state index in [1.165, 1.54) is 19.3 Å². The Labute approximate surface area is 134 Å². The van der Waals surface area contributed by atoms with Gasteiger partial charge in [-0.2, -0.15) is 0 Å². The minimum atomic E-state index is 0.115. The Kier molecular flexibility index (Phi) is 9.12. The van der Waals surface area contributed by atoms with Gasteiger partial charge >= 0.3 is 0 Å². The fourth-order valence-electron chi connectivity index (χ4n) is 2.27. The second kappa shape index (κ2) is 10.9. The molecule has 1 N–H and O–H groups in total. The summed E-state index contributed by atoms with van der Waals surface area (Å²) in [7, 11) is 1.63. The third kappa shape index (κ3) is 6.83. The van der Waals surface area contributed by atoms with Gasteiger partial charge in [0.25, 0.3) is 0 Å². The van der Waals surface area contributed by atoms with Crippen LogP contribution in [0.25, 0.3) is 0 Å². The van der Waals surface area contributed by atoms with Crippen LogP contribution in [-0.4, -0.2) is 26.2 Å². The second-order valence-corrected chi connectivity index (χ2v) is 5.33. The first-order valence-corrected chi connectivity index (χ1v) is 8.27. The molecule has 0 aliphatic carbocycles. The predicted molar refractivity (Wildman–Crippen MR) is 89.6 cm³/mol.